The van der Waals surface area contributed by atoms with E-state index in [4.69, 9.17) is 5.26 Å². The van der Waals surface area contributed by atoms with Crippen LogP contribution in [0.25, 0.3) is 0 Å². The fraction of sp³-hybridized carbons (Fsp3) is 0.400. The summed E-state index contributed by atoms with van der Waals surface area (Å²) in [7, 11) is 1.93. The van der Waals surface area contributed by atoms with Crippen molar-refractivity contribution in [1.29, 1.82) is 5.26 Å². The van der Waals surface area contributed by atoms with Gasteiger partial charge in [-0.25, -0.2) is 4.98 Å². The third kappa shape index (κ3) is 3.47. The second kappa shape index (κ2) is 5.47. The van der Waals surface area contributed by atoms with E-state index in [0.717, 1.165) is 14.8 Å². The number of hydrogen-bond acceptors (Lipinski definition) is 3. The predicted molar refractivity (Wildman–Crippen MR) is 67.7 cm³/mol. The number of nitriles is 1. The van der Waals surface area contributed by atoms with Gasteiger partial charge in [0.2, 0.25) is 0 Å². The van der Waals surface area contributed by atoms with Gasteiger partial charge in [-0.3, -0.25) is 0 Å². The maximum absolute atomic E-state index is 8.73. The number of nitrogens with zero attached hydrogens (tertiary/aromatic N) is 3. The Hall–Kier alpha value is -0.600. The van der Waals surface area contributed by atoms with Crippen molar-refractivity contribution < 1.29 is 0 Å². The van der Waals surface area contributed by atoms with E-state index >= 15 is 0 Å². The minimum Gasteiger partial charge on any atom is -0.357 e. The predicted octanol–water partition coefficient (Wildman–Crippen LogP) is 3.20. The molecule has 0 aromatic carbocycles. The Morgan fingerprint density at radius 2 is 2.27 bits per heavy atom. The lowest BCUT2D eigenvalue weighted by molar-refractivity contribution is 0.709. The largest absolute Gasteiger partial charge is 0.357 e. The number of anilines is 1. The van der Waals surface area contributed by atoms with Gasteiger partial charge in [0.25, 0.3) is 0 Å². The van der Waals surface area contributed by atoms with Crippen LogP contribution in [0.4, 0.5) is 5.82 Å². The number of pyridine rings is 1. The van der Waals surface area contributed by atoms with Gasteiger partial charge in [0.1, 0.15) is 5.82 Å². The van der Waals surface area contributed by atoms with E-state index in [0.29, 0.717) is 6.54 Å². The molecular weight excluding hydrogens is 322 g/mol. The SMILES string of the molecule is CC(C#N)CN(C)c1ncc(Br)cc1Br. The van der Waals surface area contributed by atoms with Crippen LogP contribution >= 0.6 is 31.9 Å². The molecule has 0 radical (unpaired) electrons. The molecule has 0 saturated heterocycles. The zero-order chi connectivity index (χ0) is 11.4. The number of rotatable bonds is 3. The Kier molecular flexibility index (Phi) is 4.55. The molecule has 1 heterocycles. The number of hydrogen-bond donors (Lipinski definition) is 0. The highest BCUT2D eigenvalue weighted by Crippen LogP contribution is 2.26. The van der Waals surface area contributed by atoms with Crippen LogP contribution < -0.4 is 4.90 Å². The summed E-state index contributed by atoms with van der Waals surface area (Å²) in [5.41, 5.74) is 0. The maximum atomic E-state index is 8.73. The van der Waals surface area contributed by atoms with Crippen LogP contribution in [0.15, 0.2) is 21.2 Å². The Morgan fingerprint density at radius 1 is 1.60 bits per heavy atom. The van der Waals surface area contributed by atoms with Gasteiger partial charge < -0.3 is 4.90 Å². The fourth-order valence-corrected chi connectivity index (χ4v) is 2.52. The van der Waals surface area contributed by atoms with Crippen molar-refractivity contribution in [1.82, 2.24) is 4.98 Å². The molecule has 0 aliphatic heterocycles. The number of halogens is 2. The molecule has 80 valence electrons. The van der Waals surface area contributed by atoms with E-state index in [2.05, 4.69) is 42.9 Å². The van der Waals surface area contributed by atoms with Crippen molar-refractivity contribution in [3.8, 4) is 6.07 Å². The summed E-state index contributed by atoms with van der Waals surface area (Å²) >= 11 is 6.79. The Balaban J connectivity index is 2.83. The molecule has 1 aromatic rings. The molecule has 15 heavy (non-hydrogen) atoms. The zero-order valence-corrected chi connectivity index (χ0v) is 11.7. The zero-order valence-electron chi connectivity index (χ0n) is 8.54. The monoisotopic (exact) mass is 331 g/mol. The summed E-state index contributed by atoms with van der Waals surface area (Å²) in [6.45, 7) is 2.56. The van der Waals surface area contributed by atoms with Crippen LogP contribution in [0.5, 0.6) is 0 Å². The van der Waals surface area contributed by atoms with Crippen molar-refractivity contribution in [2.45, 2.75) is 6.92 Å². The minimum atomic E-state index is -0.00709. The molecular formula is C10H11Br2N3. The van der Waals surface area contributed by atoms with Gasteiger partial charge in [-0.2, -0.15) is 5.26 Å². The topological polar surface area (TPSA) is 39.9 Å². The van der Waals surface area contributed by atoms with Crippen molar-refractivity contribution >= 4 is 37.7 Å². The van der Waals surface area contributed by atoms with Gasteiger partial charge in [-0.1, -0.05) is 0 Å². The van der Waals surface area contributed by atoms with Crippen molar-refractivity contribution in [2.75, 3.05) is 18.5 Å². The number of aromatic nitrogens is 1. The quantitative estimate of drug-likeness (QED) is 0.853. The van der Waals surface area contributed by atoms with Gasteiger partial charge >= 0.3 is 0 Å². The molecule has 0 amide bonds. The first kappa shape index (κ1) is 12.5. The average molecular weight is 333 g/mol. The van der Waals surface area contributed by atoms with Crippen LogP contribution in [-0.2, 0) is 0 Å². The van der Waals surface area contributed by atoms with Crippen LogP contribution in [0, 0.1) is 17.2 Å². The van der Waals surface area contributed by atoms with Gasteiger partial charge in [-0.15, -0.1) is 0 Å². The molecule has 0 bridgehead atoms. The molecule has 0 aliphatic rings. The van der Waals surface area contributed by atoms with E-state index in [-0.39, 0.29) is 5.92 Å². The van der Waals surface area contributed by atoms with E-state index in [1.165, 1.54) is 0 Å². The molecule has 1 atom stereocenters. The highest BCUT2D eigenvalue weighted by molar-refractivity contribution is 9.11. The molecule has 1 aromatic heterocycles. The highest BCUT2D eigenvalue weighted by Gasteiger charge is 2.10. The summed E-state index contributed by atoms with van der Waals surface area (Å²) in [5, 5.41) is 8.73. The lowest BCUT2D eigenvalue weighted by Crippen LogP contribution is -2.24. The Bertz CT molecular complexity index is 387. The first-order valence-electron chi connectivity index (χ1n) is 4.46. The van der Waals surface area contributed by atoms with Gasteiger partial charge in [0.05, 0.1) is 16.5 Å². The molecule has 0 spiro atoms. The second-order valence-corrected chi connectivity index (χ2v) is 5.14. The second-order valence-electron chi connectivity index (χ2n) is 3.37. The van der Waals surface area contributed by atoms with Crippen molar-refractivity contribution in [2.24, 2.45) is 5.92 Å². The van der Waals surface area contributed by atoms with Crippen LogP contribution in [0.1, 0.15) is 6.92 Å². The van der Waals surface area contributed by atoms with Crippen LogP contribution in [-0.4, -0.2) is 18.6 Å². The molecule has 1 rings (SSSR count). The highest BCUT2D eigenvalue weighted by atomic mass is 79.9. The molecule has 3 nitrogen and oxygen atoms in total. The molecule has 1 unspecified atom stereocenters. The molecule has 0 N–H and O–H groups in total. The third-order valence-corrected chi connectivity index (χ3v) is 2.94. The fourth-order valence-electron chi connectivity index (χ4n) is 1.23. The standard InChI is InChI=1S/C10H11Br2N3/c1-7(4-13)6-15(2)10-9(12)3-8(11)5-14-10/h3,5,7H,6H2,1-2H3. The summed E-state index contributed by atoms with van der Waals surface area (Å²) in [6, 6.07) is 4.14. The lowest BCUT2D eigenvalue weighted by Gasteiger charge is -2.20. The average Bonchev–Trinajstić information content (AvgIpc) is 2.17. The first-order chi connectivity index (χ1) is 7.04. The van der Waals surface area contributed by atoms with Gasteiger partial charge in [-0.05, 0) is 44.8 Å². The maximum Gasteiger partial charge on any atom is 0.142 e. The van der Waals surface area contributed by atoms with Crippen LogP contribution in [0.3, 0.4) is 0 Å². The summed E-state index contributed by atoms with van der Waals surface area (Å²) in [5.74, 6) is 0.840. The molecule has 0 aliphatic carbocycles. The van der Waals surface area contributed by atoms with Crippen molar-refractivity contribution in [3.63, 3.8) is 0 Å². The van der Waals surface area contributed by atoms with E-state index in [1.807, 2.05) is 24.9 Å². The lowest BCUT2D eigenvalue weighted by atomic mass is 10.2. The van der Waals surface area contributed by atoms with Gasteiger partial charge in [0, 0.05) is 24.3 Å². The van der Waals surface area contributed by atoms with E-state index < -0.39 is 0 Å². The normalized spacial score (nSPS) is 11.9. The smallest absolute Gasteiger partial charge is 0.142 e. The minimum absolute atomic E-state index is 0.00709. The van der Waals surface area contributed by atoms with E-state index in [1.54, 1.807) is 6.20 Å². The summed E-state index contributed by atoms with van der Waals surface area (Å²) < 4.78 is 1.85. The van der Waals surface area contributed by atoms with Gasteiger partial charge in [0.15, 0.2) is 0 Å². The molecule has 5 heteroatoms. The Labute approximate surface area is 106 Å². The molecule has 0 fully saturated rings. The van der Waals surface area contributed by atoms with Crippen molar-refractivity contribution in [3.05, 3.63) is 21.2 Å². The van der Waals surface area contributed by atoms with E-state index in [9.17, 15) is 0 Å². The summed E-state index contributed by atoms with van der Waals surface area (Å²) in [6.07, 6.45) is 1.74. The Morgan fingerprint density at radius 3 is 2.80 bits per heavy atom. The summed E-state index contributed by atoms with van der Waals surface area (Å²) in [4.78, 5) is 6.25. The third-order valence-electron chi connectivity index (χ3n) is 1.92. The van der Waals surface area contributed by atoms with Crippen LogP contribution in [0.2, 0.25) is 0 Å². The molecule has 0 saturated carbocycles. The first-order valence-corrected chi connectivity index (χ1v) is 6.05.